The number of carbonyl (C=O) groups excluding carboxylic acids is 4. The van der Waals surface area contributed by atoms with Gasteiger partial charge in [-0.05, 0) is 56.7 Å². The molecule has 1 aliphatic rings. The summed E-state index contributed by atoms with van der Waals surface area (Å²) in [5, 5.41) is 9.94. The van der Waals surface area contributed by atoms with Crippen LogP contribution < -0.4 is 0 Å². The summed E-state index contributed by atoms with van der Waals surface area (Å²) in [6.07, 6.45) is 1.17. The summed E-state index contributed by atoms with van der Waals surface area (Å²) in [7, 11) is 8.63. The largest absolute Gasteiger partial charge is 0.481 e. The number of carbonyl (C=O) groups is 5. The van der Waals surface area contributed by atoms with Gasteiger partial charge in [0.2, 0.25) is 11.8 Å². The Balaban J connectivity index is 2.27. The third-order valence-electron chi connectivity index (χ3n) is 11.5. The monoisotopic (exact) mass is 744 g/mol. The molecule has 1 fully saturated rings. The van der Waals surface area contributed by atoms with Gasteiger partial charge in [-0.3, -0.25) is 28.9 Å². The van der Waals surface area contributed by atoms with E-state index in [2.05, 4.69) is 6.92 Å². The van der Waals surface area contributed by atoms with E-state index in [4.69, 9.17) is 9.47 Å². The highest BCUT2D eigenvalue weighted by molar-refractivity contribution is 5.90. The smallest absolute Gasteiger partial charge is 0.307 e. The molecule has 2 amide bonds. The SMILES string of the molecule is CCC(C)C(C(CC(=O)N1CCCC1C(OC)C(C)C(=O)C[C@@H](Cc1ccccc1)C(=O)O)OC)N(C)C(=O)[C@@H](CC(=O)C(C(C)C)N(C)C)C(C)C. The summed E-state index contributed by atoms with van der Waals surface area (Å²) in [5.74, 6) is -3.49. The number of hydrogen-bond donors (Lipinski definition) is 1. The van der Waals surface area contributed by atoms with E-state index in [9.17, 15) is 29.1 Å². The summed E-state index contributed by atoms with van der Waals surface area (Å²) >= 11 is 0. The van der Waals surface area contributed by atoms with E-state index in [0.29, 0.717) is 13.0 Å². The molecule has 1 aromatic carbocycles. The van der Waals surface area contributed by atoms with E-state index in [0.717, 1.165) is 18.4 Å². The molecule has 0 bridgehead atoms. The number of amides is 2. The zero-order chi connectivity index (χ0) is 40.2. The van der Waals surface area contributed by atoms with E-state index < -0.39 is 42.0 Å². The number of methoxy groups -OCH3 is 2. The number of benzene rings is 1. The summed E-state index contributed by atoms with van der Waals surface area (Å²) in [6.45, 7) is 14.3. The number of likely N-dealkylation sites (tertiary alicyclic amines) is 1. The number of ketones is 2. The maximum atomic E-state index is 14.3. The Morgan fingerprint density at radius 2 is 1.49 bits per heavy atom. The van der Waals surface area contributed by atoms with Crippen molar-refractivity contribution in [1.82, 2.24) is 14.7 Å². The van der Waals surface area contributed by atoms with Gasteiger partial charge in [-0.1, -0.05) is 85.2 Å². The second kappa shape index (κ2) is 21.7. The second-order valence-electron chi connectivity index (χ2n) is 16.2. The van der Waals surface area contributed by atoms with Crippen molar-refractivity contribution in [3.63, 3.8) is 0 Å². The Hall–Kier alpha value is -3.15. The van der Waals surface area contributed by atoms with Crippen LogP contribution in [0.1, 0.15) is 92.6 Å². The number of rotatable bonds is 23. The third-order valence-corrected chi connectivity index (χ3v) is 11.5. The van der Waals surface area contributed by atoms with E-state index in [1.807, 2.05) is 83.9 Å². The van der Waals surface area contributed by atoms with E-state index >= 15 is 0 Å². The van der Waals surface area contributed by atoms with Crippen molar-refractivity contribution in [3.8, 4) is 0 Å². The number of nitrogens with zero attached hydrogens (tertiary/aromatic N) is 3. The van der Waals surface area contributed by atoms with Gasteiger partial charge in [-0.2, -0.15) is 0 Å². The minimum Gasteiger partial charge on any atom is -0.481 e. The molecule has 1 heterocycles. The average molecular weight is 744 g/mol. The Labute approximate surface area is 319 Å². The van der Waals surface area contributed by atoms with Crippen molar-refractivity contribution in [2.75, 3.05) is 41.9 Å². The molecule has 0 aromatic heterocycles. The summed E-state index contributed by atoms with van der Waals surface area (Å²) in [6, 6.07) is 8.18. The van der Waals surface area contributed by atoms with Crippen LogP contribution in [0.4, 0.5) is 0 Å². The molecule has 1 saturated heterocycles. The Morgan fingerprint density at radius 3 is 1.98 bits per heavy atom. The van der Waals surface area contributed by atoms with Gasteiger partial charge in [0.1, 0.15) is 5.78 Å². The topological polar surface area (TPSA) is 134 Å². The molecule has 1 aliphatic heterocycles. The van der Waals surface area contributed by atoms with Crippen LogP contribution in [0.5, 0.6) is 0 Å². The fourth-order valence-corrected chi connectivity index (χ4v) is 8.38. The maximum Gasteiger partial charge on any atom is 0.307 e. The van der Waals surface area contributed by atoms with Gasteiger partial charge in [0.15, 0.2) is 5.78 Å². The number of hydrogen-bond acceptors (Lipinski definition) is 8. The van der Waals surface area contributed by atoms with Crippen molar-refractivity contribution in [2.45, 2.75) is 124 Å². The number of Topliss-reactive ketones (excluding diaryl/α,β-unsaturated/α-hetero) is 2. The highest BCUT2D eigenvalue weighted by Gasteiger charge is 2.43. The van der Waals surface area contributed by atoms with Crippen LogP contribution in [0.2, 0.25) is 0 Å². The molecule has 7 unspecified atom stereocenters. The standard InChI is InChI=1S/C42H69N3O8/c1-13-28(6)39(44(10)41(49)32(26(2)3)24-35(47)38(27(4)5)43(8)9)36(52-11)25-37(48)45-21-17-20-33(45)40(53-12)29(7)34(46)23-31(42(50)51)22-30-18-15-14-16-19-30/h14-16,18-19,26-29,31-33,36,38-40H,13,17,20-25H2,1-12H3,(H,50,51)/t28?,29?,31-,32+,33?,36?,38?,39?,40?/m1/s1. The number of aliphatic carboxylic acids is 1. The molecule has 0 radical (unpaired) electrons. The Morgan fingerprint density at radius 1 is 0.868 bits per heavy atom. The van der Waals surface area contributed by atoms with E-state index in [1.54, 1.807) is 30.9 Å². The molecule has 9 atom stereocenters. The normalized spacial score (nSPS) is 19.4. The lowest BCUT2D eigenvalue weighted by atomic mass is 9.83. The quantitative estimate of drug-likeness (QED) is 0.152. The first-order valence-electron chi connectivity index (χ1n) is 19.5. The van der Waals surface area contributed by atoms with Crippen LogP contribution in [0.15, 0.2) is 30.3 Å². The summed E-state index contributed by atoms with van der Waals surface area (Å²) in [4.78, 5) is 73.1. The molecule has 300 valence electrons. The fourth-order valence-electron chi connectivity index (χ4n) is 8.38. The molecule has 11 nitrogen and oxygen atoms in total. The van der Waals surface area contributed by atoms with E-state index in [-0.39, 0.29) is 78.9 Å². The van der Waals surface area contributed by atoms with Crippen molar-refractivity contribution in [3.05, 3.63) is 35.9 Å². The lowest BCUT2D eigenvalue weighted by Gasteiger charge is -2.41. The molecule has 0 aliphatic carbocycles. The lowest BCUT2D eigenvalue weighted by Crippen LogP contribution is -2.54. The Kier molecular flexibility index (Phi) is 18.8. The second-order valence-corrected chi connectivity index (χ2v) is 16.2. The molecule has 1 N–H and O–H groups in total. The van der Waals surface area contributed by atoms with Crippen molar-refractivity contribution in [2.24, 2.45) is 35.5 Å². The van der Waals surface area contributed by atoms with Gasteiger partial charge in [0.25, 0.3) is 0 Å². The zero-order valence-corrected chi connectivity index (χ0v) is 34.5. The van der Waals surface area contributed by atoms with Gasteiger partial charge in [0.05, 0.1) is 42.7 Å². The summed E-state index contributed by atoms with van der Waals surface area (Å²) < 4.78 is 11.9. The highest BCUT2D eigenvalue weighted by Crippen LogP contribution is 2.32. The van der Waals surface area contributed by atoms with Crippen LogP contribution in [0.25, 0.3) is 0 Å². The average Bonchev–Trinajstić information content (AvgIpc) is 3.59. The van der Waals surface area contributed by atoms with Crippen molar-refractivity contribution in [1.29, 1.82) is 0 Å². The molecule has 0 saturated carbocycles. The molecule has 53 heavy (non-hydrogen) atoms. The van der Waals surface area contributed by atoms with E-state index in [1.165, 1.54) is 7.11 Å². The predicted molar refractivity (Wildman–Crippen MR) is 207 cm³/mol. The van der Waals surface area contributed by atoms with Crippen molar-refractivity contribution < 1.29 is 38.6 Å². The third kappa shape index (κ3) is 12.4. The van der Waals surface area contributed by atoms with Gasteiger partial charge >= 0.3 is 5.97 Å². The number of carboxylic acids is 1. The highest BCUT2D eigenvalue weighted by atomic mass is 16.5. The fraction of sp³-hybridized carbons (Fsp3) is 0.738. The molecular weight excluding hydrogens is 674 g/mol. The minimum absolute atomic E-state index is 0.00721. The summed E-state index contributed by atoms with van der Waals surface area (Å²) in [5.41, 5.74) is 0.851. The number of likely N-dealkylation sites (N-methyl/N-ethyl adjacent to an activating group) is 2. The zero-order valence-electron chi connectivity index (χ0n) is 34.5. The molecule has 0 spiro atoms. The maximum absolute atomic E-state index is 14.3. The first-order chi connectivity index (χ1) is 24.9. The molecule has 1 aromatic rings. The number of ether oxygens (including phenoxy) is 2. The van der Waals surface area contributed by atoms with Crippen LogP contribution in [-0.4, -0.2) is 121 Å². The van der Waals surface area contributed by atoms with Gasteiger partial charge in [-0.15, -0.1) is 0 Å². The number of carboxylic acid groups (broad SMARTS) is 1. The van der Waals surface area contributed by atoms with Gasteiger partial charge in [0, 0.05) is 52.5 Å². The van der Waals surface area contributed by atoms with Crippen LogP contribution in [0.3, 0.4) is 0 Å². The van der Waals surface area contributed by atoms with Gasteiger partial charge in [-0.25, -0.2) is 0 Å². The lowest BCUT2D eigenvalue weighted by molar-refractivity contribution is -0.149. The predicted octanol–water partition coefficient (Wildman–Crippen LogP) is 5.63. The molecular formula is C42H69N3O8. The molecule has 2 rings (SSSR count). The van der Waals surface area contributed by atoms with Gasteiger partial charge < -0.3 is 24.4 Å². The Bertz CT molecular complexity index is 1330. The first kappa shape index (κ1) is 46.0. The van der Waals surface area contributed by atoms with Crippen LogP contribution >= 0.6 is 0 Å². The van der Waals surface area contributed by atoms with Crippen LogP contribution in [-0.2, 0) is 39.9 Å². The van der Waals surface area contributed by atoms with Crippen molar-refractivity contribution >= 4 is 29.4 Å². The molecule has 11 heteroatoms. The first-order valence-corrected chi connectivity index (χ1v) is 19.5. The minimum atomic E-state index is -1.02. The van der Waals surface area contributed by atoms with Crippen LogP contribution in [0, 0.1) is 35.5 Å².